The van der Waals surface area contributed by atoms with E-state index in [1.165, 1.54) is 15.5 Å². The number of anilines is 1. The van der Waals surface area contributed by atoms with Gasteiger partial charge < -0.3 is 15.4 Å². The minimum Gasteiger partial charge on any atom is -0.457 e. The molecule has 2 aromatic heterocycles. The van der Waals surface area contributed by atoms with Crippen molar-refractivity contribution in [2.75, 3.05) is 12.3 Å². The number of para-hydroxylation sites is 1. The number of hydrogen-bond donors (Lipinski definition) is 1. The van der Waals surface area contributed by atoms with Crippen LogP contribution in [0.25, 0.3) is 16.9 Å². The van der Waals surface area contributed by atoms with E-state index in [1.54, 1.807) is 35.2 Å². The number of rotatable bonds is 6. The lowest BCUT2D eigenvalue weighted by molar-refractivity contribution is -0.127. The van der Waals surface area contributed by atoms with Gasteiger partial charge in [-0.15, -0.1) is 0 Å². The van der Waals surface area contributed by atoms with E-state index in [0.29, 0.717) is 41.3 Å². The normalized spacial score (nSPS) is 15.8. The van der Waals surface area contributed by atoms with Gasteiger partial charge >= 0.3 is 5.69 Å². The minimum atomic E-state index is -0.344. The zero-order valence-electron chi connectivity index (χ0n) is 22.7. The third-order valence-corrected chi connectivity index (χ3v) is 6.77. The molecule has 0 aliphatic carbocycles. The first kappa shape index (κ1) is 26.7. The fraction of sp³-hybridized carbons (Fsp3) is 0.300. The zero-order valence-corrected chi connectivity index (χ0v) is 22.7. The molecule has 1 fully saturated rings. The van der Waals surface area contributed by atoms with Crippen LogP contribution >= 0.6 is 0 Å². The Kier molecular flexibility index (Phi) is 7.13. The summed E-state index contributed by atoms with van der Waals surface area (Å²) in [5.74, 6) is 1.17. The molecule has 0 bridgehead atoms. The SMILES string of the molecule is CC(C)(C)/C=C(\C#N)C(=O)N1CCC[C@H]1Cn1c(=O)n(-c2ccc(Oc3ccccc3)cc2)c2c(N)ncnc21. The van der Waals surface area contributed by atoms with Gasteiger partial charge in [-0.25, -0.2) is 14.8 Å². The van der Waals surface area contributed by atoms with Crippen molar-refractivity contribution < 1.29 is 9.53 Å². The Morgan fingerprint density at radius 3 is 2.50 bits per heavy atom. The van der Waals surface area contributed by atoms with Gasteiger partial charge in [-0.05, 0) is 54.7 Å². The van der Waals surface area contributed by atoms with Crippen LogP contribution in [-0.4, -0.2) is 42.5 Å². The average Bonchev–Trinajstić information content (AvgIpc) is 3.51. The Balaban J connectivity index is 1.49. The number of carbonyl (C=O) groups excluding carboxylic acids is 1. The molecule has 0 spiro atoms. The molecule has 1 amide bonds. The number of fused-ring (bicyclic) bond motifs is 1. The quantitative estimate of drug-likeness (QED) is 0.284. The van der Waals surface area contributed by atoms with Crippen molar-refractivity contribution in [3.8, 4) is 23.3 Å². The first-order chi connectivity index (χ1) is 19.2. The Labute approximate surface area is 231 Å². The van der Waals surface area contributed by atoms with Gasteiger partial charge in [-0.2, -0.15) is 5.26 Å². The second-order valence-electron chi connectivity index (χ2n) is 10.9. The van der Waals surface area contributed by atoms with Crippen LogP contribution in [0.15, 0.2) is 77.4 Å². The zero-order chi connectivity index (χ0) is 28.4. The van der Waals surface area contributed by atoms with Crippen molar-refractivity contribution in [2.24, 2.45) is 5.41 Å². The average molecular weight is 538 g/mol. The van der Waals surface area contributed by atoms with Gasteiger partial charge in [-0.1, -0.05) is 45.0 Å². The number of nitrogens with zero attached hydrogens (tertiary/aromatic N) is 6. The third-order valence-electron chi connectivity index (χ3n) is 6.77. The maximum Gasteiger partial charge on any atom is 0.335 e. The fourth-order valence-electron chi connectivity index (χ4n) is 5.03. The smallest absolute Gasteiger partial charge is 0.335 e. The number of aromatic nitrogens is 4. The molecule has 40 heavy (non-hydrogen) atoms. The minimum absolute atomic E-state index is 0.110. The summed E-state index contributed by atoms with van der Waals surface area (Å²) in [7, 11) is 0. The van der Waals surface area contributed by atoms with Gasteiger partial charge in [0.25, 0.3) is 5.91 Å². The number of imidazole rings is 1. The van der Waals surface area contributed by atoms with Crippen molar-refractivity contribution in [3.63, 3.8) is 0 Å². The molecule has 0 radical (unpaired) electrons. The number of likely N-dealkylation sites (tertiary alicyclic amines) is 1. The monoisotopic (exact) mass is 537 g/mol. The summed E-state index contributed by atoms with van der Waals surface area (Å²) in [4.78, 5) is 37.4. The van der Waals surface area contributed by atoms with Gasteiger partial charge in [0.1, 0.15) is 35.0 Å². The molecule has 0 saturated carbocycles. The summed E-state index contributed by atoms with van der Waals surface area (Å²) < 4.78 is 8.91. The highest BCUT2D eigenvalue weighted by molar-refractivity contribution is 5.97. The molecule has 1 atom stereocenters. The lowest BCUT2D eigenvalue weighted by Gasteiger charge is -2.25. The Morgan fingerprint density at radius 1 is 1.12 bits per heavy atom. The number of benzene rings is 2. The van der Waals surface area contributed by atoms with Crippen LogP contribution in [0, 0.1) is 16.7 Å². The second-order valence-corrected chi connectivity index (χ2v) is 10.9. The number of ether oxygens (including phenoxy) is 1. The molecule has 4 aromatic rings. The number of nitrogens with two attached hydrogens (primary N) is 1. The Bertz CT molecular complexity index is 1670. The highest BCUT2D eigenvalue weighted by Gasteiger charge is 2.33. The van der Waals surface area contributed by atoms with Crippen molar-refractivity contribution in [3.05, 3.63) is 83.1 Å². The third kappa shape index (κ3) is 5.31. The maximum atomic E-state index is 13.9. The number of carbonyl (C=O) groups is 1. The van der Waals surface area contributed by atoms with E-state index in [9.17, 15) is 14.9 Å². The van der Waals surface area contributed by atoms with E-state index in [1.807, 2.05) is 51.1 Å². The van der Waals surface area contributed by atoms with Crippen LogP contribution in [0.5, 0.6) is 11.5 Å². The van der Waals surface area contributed by atoms with Gasteiger partial charge in [0.05, 0.1) is 11.7 Å². The van der Waals surface area contributed by atoms with Crippen molar-refractivity contribution >= 4 is 22.9 Å². The van der Waals surface area contributed by atoms with E-state index in [4.69, 9.17) is 10.5 Å². The van der Waals surface area contributed by atoms with Crippen LogP contribution in [0.3, 0.4) is 0 Å². The molecule has 3 heterocycles. The van der Waals surface area contributed by atoms with Crippen molar-refractivity contribution in [1.82, 2.24) is 24.0 Å². The number of allylic oxidation sites excluding steroid dienone is 1. The highest BCUT2D eigenvalue weighted by atomic mass is 16.5. The van der Waals surface area contributed by atoms with Crippen LogP contribution in [-0.2, 0) is 11.3 Å². The molecule has 10 nitrogen and oxygen atoms in total. The molecule has 0 unspecified atom stereocenters. The predicted molar refractivity (Wildman–Crippen MR) is 152 cm³/mol. The molecular formula is C30H31N7O3. The summed E-state index contributed by atoms with van der Waals surface area (Å²) in [6.45, 7) is 6.56. The van der Waals surface area contributed by atoms with Crippen molar-refractivity contribution in [1.29, 1.82) is 5.26 Å². The molecule has 5 rings (SSSR count). The summed E-state index contributed by atoms with van der Waals surface area (Å²) in [5, 5.41) is 9.68. The predicted octanol–water partition coefficient (Wildman–Crippen LogP) is 4.44. The Hall–Kier alpha value is -4.91. The molecule has 2 aromatic carbocycles. The van der Waals surface area contributed by atoms with Crippen LogP contribution in [0.1, 0.15) is 33.6 Å². The number of nitriles is 1. The largest absolute Gasteiger partial charge is 0.457 e. The lowest BCUT2D eigenvalue weighted by Crippen LogP contribution is -2.40. The van der Waals surface area contributed by atoms with Crippen molar-refractivity contribution in [2.45, 2.75) is 46.2 Å². The lowest BCUT2D eigenvalue weighted by atomic mass is 9.93. The van der Waals surface area contributed by atoms with E-state index < -0.39 is 0 Å². The first-order valence-electron chi connectivity index (χ1n) is 13.2. The standard InChI is InChI=1S/C30H31N7O3/c1-30(2,3)16-20(17-31)28(38)35-15-7-8-22(35)18-36-27-25(26(32)33-19-34-27)37(29(36)39)21-11-13-24(14-12-21)40-23-9-5-4-6-10-23/h4-6,9-14,16,19,22H,7-8,15,18H2,1-3H3,(H2,32,33,34)/b20-16+/t22-/m0/s1. The Morgan fingerprint density at radius 2 is 1.82 bits per heavy atom. The summed E-state index contributed by atoms with van der Waals surface area (Å²) in [6, 6.07) is 18.3. The molecular weight excluding hydrogens is 506 g/mol. The molecule has 204 valence electrons. The summed E-state index contributed by atoms with van der Waals surface area (Å²) in [5.41, 5.74) is 7.05. The first-order valence-corrected chi connectivity index (χ1v) is 13.2. The van der Waals surface area contributed by atoms with E-state index in [2.05, 4.69) is 16.0 Å². The molecule has 1 aliphatic rings. The van der Waals surface area contributed by atoms with E-state index in [0.717, 1.165) is 6.42 Å². The molecule has 1 saturated heterocycles. The van der Waals surface area contributed by atoms with Gasteiger partial charge in [-0.3, -0.25) is 13.9 Å². The van der Waals surface area contributed by atoms with Crippen LogP contribution in [0.2, 0.25) is 0 Å². The van der Waals surface area contributed by atoms with Crippen LogP contribution < -0.4 is 16.2 Å². The summed E-state index contributed by atoms with van der Waals surface area (Å²) >= 11 is 0. The number of amides is 1. The fourth-order valence-corrected chi connectivity index (χ4v) is 5.03. The second kappa shape index (κ2) is 10.7. The molecule has 2 N–H and O–H groups in total. The highest BCUT2D eigenvalue weighted by Crippen LogP contribution is 2.27. The molecule has 1 aliphatic heterocycles. The summed E-state index contributed by atoms with van der Waals surface area (Å²) in [6.07, 6.45) is 4.50. The van der Waals surface area contributed by atoms with Gasteiger partial charge in [0, 0.05) is 13.1 Å². The number of nitrogen functional groups attached to an aromatic ring is 1. The van der Waals surface area contributed by atoms with E-state index >= 15 is 0 Å². The molecule has 10 heteroatoms. The van der Waals surface area contributed by atoms with E-state index in [-0.39, 0.29) is 41.0 Å². The topological polar surface area (TPSA) is 132 Å². The number of hydrogen-bond acceptors (Lipinski definition) is 7. The maximum absolute atomic E-state index is 13.9. The van der Waals surface area contributed by atoms with Gasteiger partial charge in [0.15, 0.2) is 11.5 Å². The van der Waals surface area contributed by atoms with Crippen LogP contribution in [0.4, 0.5) is 5.82 Å². The van der Waals surface area contributed by atoms with Gasteiger partial charge in [0.2, 0.25) is 0 Å².